The molecule has 2 aromatic carbocycles. The number of benzene rings is 2. The van der Waals surface area contributed by atoms with E-state index in [1.807, 2.05) is 30.3 Å². The molecule has 0 aliphatic heterocycles. The Morgan fingerprint density at radius 1 is 1.21 bits per heavy atom. The smallest absolute Gasteiger partial charge is 0.138 e. The van der Waals surface area contributed by atoms with Crippen molar-refractivity contribution in [2.75, 3.05) is 0 Å². The van der Waals surface area contributed by atoms with Crippen LogP contribution < -0.4 is 10.5 Å². The largest absolute Gasteiger partial charge is 0.487 e. The van der Waals surface area contributed by atoms with Gasteiger partial charge in [-0.15, -0.1) is 0 Å². The lowest BCUT2D eigenvalue weighted by molar-refractivity contribution is 0.305. The van der Waals surface area contributed by atoms with E-state index in [9.17, 15) is 0 Å². The van der Waals surface area contributed by atoms with E-state index in [0.717, 1.165) is 15.6 Å². The van der Waals surface area contributed by atoms with Gasteiger partial charge in [-0.2, -0.15) is 0 Å². The predicted molar refractivity (Wildman–Crippen MR) is 82.6 cm³/mol. The van der Waals surface area contributed by atoms with Crippen molar-refractivity contribution in [2.45, 2.75) is 20.1 Å². The maximum atomic E-state index is 6.11. The summed E-state index contributed by atoms with van der Waals surface area (Å²) in [7, 11) is 0. The van der Waals surface area contributed by atoms with Crippen molar-refractivity contribution in [2.24, 2.45) is 5.73 Å². The minimum absolute atomic E-state index is 0.498. The molecule has 0 saturated heterocycles. The Labute approximate surface area is 126 Å². The molecule has 2 rings (SSSR count). The Hall–Kier alpha value is -1.03. The fourth-order valence-electron chi connectivity index (χ4n) is 1.79. The summed E-state index contributed by atoms with van der Waals surface area (Å²) in [6, 6.07) is 11.7. The van der Waals surface area contributed by atoms with Crippen LogP contribution in [0.1, 0.15) is 16.7 Å². The Balaban J connectivity index is 2.10. The lowest BCUT2D eigenvalue weighted by Gasteiger charge is -2.11. The molecule has 2 N–H and O–H groups in total. The van der Waals surface area contributed by atoms with Crippen LogP contribution in [0.5, 0.6) is 5.75 Å². The highest BCUT2D eigenvalue weighted by Crippen LogP contribution is 2.28. The van der Waals surface area contributed by atoms with Crippen LogP contribution in [0.3, 0.4) is 0 Å². The lowest BCUT2D eigenvalue weighted by Crippen LogP contribution is -2.01. The first kappa shape index (κ1) is 14.4. The van der Waals surface area contributed by atoms with Gasteiger partial charge in [-0.3, -0.25) is 0 Å². The molecule has 2 nitrogen and oxygen atoms in total. The number of aryl methyl sites for hydroxylation is 1. The maximum absolute atomic E-state index is 6.11. The summed E-state index contributed by atoms with van der Waals surface area (Å²) in [5.74, 6) is 0.687. The van der Waals surface area contributed by atoms with Crippen molar-refractivity contribution < 1.29 is 4.74 Å². The van der Waals surface area contributed by atoms with Gasteiger partial charge in [0.05, 0.1) is 5.02 Å². The number of hydrogen-bond donors (Lipinski definition) is 1. The second kappa shape index (κ2) is 6.42. The van der Waals surface area contributed by atoms with Crippen molar-refractivity contribution in [3.8, 4) is 5.75 Å². The van der Waals surface area contributed by atoms with E-state index in [-0.39, 0.29) is 0 Å². The maximum Gasteiger partial charge on any atom is 0.138 e. The summed E-state index contributed by atoms with van der Waals surface area (Å²) in [6.07, 6.45) is 0. The van der Waals surface area contributed by atoms with Gasteiger partial charge in [0.2, 0.25) is 0 Å². The van der Waals surface area contributed by atoms with Crippen LogP contribution in [-0.4, -0.2) is 0 Å². The Morgan fingerprint density at radius 3 is 2.63 bits per heavy atom. The lowest BCUT2D eigenvalue weighted by atomic mass is 10.1. The van der Waals surface area contributed by atoms with Gasteiger partial charge in [-0.05, 0) is 41.8 Å². The normalized spacial score (nSPS) is 10.5. The third kappa shape index (κ3) is 3.72. The Kier molecular flexibility index (Phi) is 4.86. The second-order valence-corrected chi connectivity index (χ2v) is 5.65. The summed E-state index contributed by atoms with van der Waals surface area (Å²) in [4.78, 5) is 0. The monoisotopic (exact) mass is 339 g/mol. The van der Waals surface area contributed by atoms with Crippen LogP contribution in [0.4, 0.5) is 0 Å². The van der Waals surface area contributed by atoms with E-state index in [1.54, 1.807) is 0 Å². The van der Waals surface area contributed by atoms with Gasteiger partial charge in [0.1, 0.15) is 12.4 Å². The molecule has 0 amide bonds. The average Bonchev–Trinajstić information content (AvgIpc) is 2.39. The average molecular weight is 341 g/mol. The minimum Gasteiger partial charge on any atom is -0.487 e. The van der Waals surface area contributed by atoms with Crippen molar-refractivity contribution in [3.63, 3.8) is 0 Å². The fourth-order valence-corrected chi connectivity index (χ4v) is 2.52. The molecule has 0 heterocycles. The summed E-state index contributed by atoms with van der Waals surface area (Å²) in [6.45, 7) is 3.11. The van der Waals surface area contributed by atoms with Gasteiger partial charge >= 0.3 is 0 Å². The fraction of sp³-hybridized carbons (Fsp3) is 0.200. The van der Waals surface area contributed by atoms with Gasteiger partial charge < -0.3 is 10.5 Å². The van der Waals surface area contributed by atoms with Crippen LogP contribution in [0.2, 0.25) is 5.02 Å². The summed E-state index contributed by atoms with van der Waals surface area (Å²) >= 11 is 9.48. The van der Waals surface area contributed by atoms with Crippen LogP contribution in [0.25, 0.3) is 0 Å². The van der Waals surface area contributed by atoms with Crippen LogP contribution in [0.15, 0.2) is 40.9 Å². The molecule has 19 heavy (non-hydrogen) atoms. The third-order valence-electron chi connectivity index (χ3n) is 2.92. The number of nitrogens with two attached hydrogens (primary N) is 1. The van der Waals surface area contributed by atoms with Gasteiger partial charge in [0.25, 0.3) is 0 Å². The van der Waals surface area contributed by atoms with E-state index in [1.165, 1.54) is 5.56 Å². The minimum atomic E-state index is 0.498. The van der Waals surface area contributed by atoms with Crippen LogP contribution >= 0.6 is 27.5 Å². The molecule has 2 aromatic rings. The van der Waals surface area contributed by atoms with Gasteiger partial charge in [0.15, 0.2) is 0 Å². The summed E-state index contributed by atoms with van der Waals surface area (Å²) in [5, 5.41) is 0.602. The SMILES string of the molecule is Cc1cc(CN)ccc1COc1ccc(Br)cc1Cl. The van der Waals surface area contributed by atoms with Crippen LogP contribution in [0, 0.1) is 6.92 Å². The number of ether oxygens (including phenoxy) is 1. The van der Waals surface area contributed by atoms with Crippen LogP contribution in [-0.2, 0) is 13.2 Å². The van der Waals surface area contributed by atoms with E-state index >= 15 is 0 Å². The van der Waals surface area contributed by atoms with E-state index < -0.39 is 0 Å². The first-order chi connectivity index (χ1) is 9.10. The van der Waals surface area contributed by atoms with E-state index in [2.05, 4.69) is 28.9 Å². The van der Waals surface area contributed by atoms with Crippen molar-refractivity contribution in [1.82, 2.24) is 0 Å². The molecule has 0 atom stereocenters. The molecule has 0 aliphatic rings. The molecule has 0 spiro atoms. The van der Waals surface area contributed by atoms with Crippen molar-refractivity contribution >= 4 is 27.5 Å². The highest BCUT2D eigenvalue weighted by atomic mass is 79.9. The molecule has 0 aromatic heterocycles. The molecular weight excluding hydrogens is 326 g/mol. The first-order valence-electron chi connectivity index (χ1n) is 5.96. The second-order valence-electron chi connectivity index (χ2n) is 4.33. The standard InChI is InChI=1S/C15H15BrClNO/c1-10-6-11(8-18)2-3-12(10)9-19-15-5-4-13(16)7-14(15)17/h2-7H,8-9,18H2,1H3. The molecular formula is C15H15BrClNO. The zero-order chi connectivity index (χ0) is 13.8. The molecule has 100 valence electrons. The summed E-state index contributed by atoms with van der Waals surface area (Å²) in [5.41, 5.74) is 9.05. The van der Waals surface area contributed by atoms with Crippen molar-refractivity contribution in [3.05, 3.63) is 62.6 Å². The van der Waals surface area contributed by atoms with E-state index in [4.69, 9.17) is 22.1 Å². The van der Waals surface area contributed by atoms with Gasteiger partial charge in [-0.25, -0.2) is 0 Å². The molecule has 0 fully saturated rings. The molecule has 0 bridgehead atoms. The third-order valence-corrected chi connectivity index (χ3v) is 3.71. The zero-order valence-corrected chi connectivity index (χ0v) is 13.0. The quantitative estimate of drug-likeness (QED) is 0.892. The van der Waals surface area contributed by atoms with Crippen molar-refractivity contribution in [1.29, 1.82) is 0 Å². The molecule has 0 aliphatic carbocycles. The zero-order valence-electron chi connectivity index (χ0n) is 10.6. The Bertz CT molecular complexity index is 586. The highest BCUT2D eigenvalue weighted by molar-refractivity contribution is 9.10. The van der Waals surface area contributed by atoms with Gasteiger partial charge in [0, 0.05) is 11.0 Å². The summed E-state index contributed by atoms with van der Waals surface area (Å²) < 4.78 is 6.69. The number of rotatable bonds is 4. The highest BCUT2D eigenvalue weighted by Gasteiger charge is 2.04. The molecule has 0 saturated carbocycles. The predicted octanol–water partition coefficient (Wildman–Crippen LogP) is 4.45. The first-order valence-corrected chi connectivity index (χ1v) is 7.13. The Morgan fingerprint density at radius 2 is 2.00 bits per heavy atom. The number of halogens is 2. The molecule has 0 radical (unpaired) electrons. The molecule has 0 unspecified atom stereocenters. The van der Waals surface area contributed by atoms with Gasteiger partial charge in [-0.1, -0.05) is 45.7 Å². The topological polar surface area (TPSA) is 35.2 Å². The molecule has 4 heteroatoms. The number of hydrogen-bond acceptors (Lipinski definition) is 2. The van der Waals surface area contributed by atoms with E-state index in [0.29, 0.717) is 23.9 Å².